The van der Waals surface area contributed by atoms with E-state index in [1.807, 2.05) is 34.8 Å². The molecule has 3 nitrogen and oxygen atoms in total. The van der Waals surface area contributed by atoms with Crippen LogP contribution < -0.4 is 0 Å². The van der Waals surface area contributed by atoms with Gasteiger partial charge in [-0.3, -0.25) is 4.79 Å². The maximum Gasteiger partial charge on any atom is 0.254 e. The Morgan fingerprint density at radius 1 is 1.29 bits per heavy atom. The number of benzene rings is 1. The molecule has 0 atom stereocenters. The molecule has 0 bridgehead atoms. The molecule has 0 radical (unpaired) electrons. The van der Waals surface area contributed by atoms with Gasteiger partial charge in [0.2, 0.25) is 0 Å². The largest absolute Gasteiger partial charge is 0.353 e. The molecular weight excluding hydrogens is 307 g/mol. The maximum atomic E-state index is 12.7. The number of hydrogen-bond acceptors (Lipinski definition) is 1. The van der Waals surface area contributed by atoms with Crippen molar-refractivity contribution in [1.29, 1.82) is 0 Å². The average molecular weight is 323 g/mol. The number of carbonyl (C=O) groups excluding carboxylic acids is 1. The molecule has 1 aliphatic rings. The fourth-order valence-corrected chi connectivity index (χ4v) is 2.68. The molecule has 110 valence electrons. The molecule has 1 aliphatic carbocycles. The van der Waals surface area contributed by atoms with Gasteiger partial charge >= 0.3 is 0 Å². The van der Waals surface area contributed by atoms with E-state index in [1.165, 1.54) is 0 Å². The van der Waals surface area contributed by atoms with Gasteiger partial charge in [0.1, 0.15) is 0 Å². The number of rotatable bonds is 4. The van der Waals surface area contributed by atoms with Crippen LogP contribution in [0.3, 0.4) is 0 Å². The first kappa shape index (κ1) is 14.5. The van der Waals surface area contributed by atoms with Crippen LogP contribution in [0, 0.1) is 0 Å². The summed E-state index contributed by atoms with van der Waals surface area (Å²) in [7, 11) is 1.99. The quantitative estimate of drug-likeness (QED) is 0.830. The lowest BCUT2D eigenvalue weighted by molar-refractivity contribution is 0.0726. The molecule has 21 heavy (non-hydrogen) atoms. The van der Waals surface area contributed by atoms with Crippen molar-refractivity contribution in [3.63, 3.8) is 0 Å². The van der Waals surface area contributed by atoms with Gasteiger partial charge in [0, 0.05) is 30.5 Å². The SMILES string of the molecule is Cn1cccc1CN(C(=O)c1ccc(Cl)c(Cl)c1)C1CC1. The number of amides is 1. The van der Waals surface area contributed by atoms with Gasteiger partial charge < -0.3 is 9.47 Å². The molecule has 2 aromatic rings. The van der Waals surface area contributed by atoms with Gasteiger partial charge in [-0.1, -0.05) is 23.2 Å². The van der Waals surface area contributed by atoms with E-state index in [-0.39, 0.29) is 5.91 Å². The Morgan fingerprint density at radius 3 is 2.62 bits per heavy atom. The van der Waals surface area contributed by atoms with Gasteiger partial charge in [0.05, 0.1) is 16.6 Å². The van der Waals surface area contributed by atoms with Crippen LogP contribution in [0.4, 0.5) is 0 Å². The van der Waals surface area contributed by atoms with Crippen LogP contribution in [0.15, 0.2) is 36.5 Å². The van der Waals surface area contributed by atoms with Crippen molar-refractivity contribution in [2.45, 2.75) is 25.4 Å². The molecule has 0 spiro atoms. The summed E-state index contributed by atoms with van der Waals surface area (Å²) in [6, 6.07) is 9.41. The van der Waals surface area contributed by atoms with Gasteiger partial charge in [-0.25, -0.2) is 0 Å². The highest BCUT2D eigenvalue weighted by molar-refractivity contribution is 6.42. The van der Waals surface area contributed by atoms with Gasteiger partial charge in [0.15, 0.2) is 0 Å². The minimum atomic E-state index is 0.0114. The second-order valence-corrected chi connectivity index (χ2v) is 6.22. The van der Waals surface area contributed by atoms with Crippen molar-refractivity contribution in [2.24, 2.45) is 7.05 Å². The van der Waals surface area contributed by atoms with E-state index in [0.717, 1.165) is 18.5 Å². The number of aryl methyl sites for hydroxylation is 1. The summed E-state index contributed by atoms with van der Waals surface area (Å²) in [5.74, 6) is 0.0114. The average Bonchev–Trinajstić information content (AvgIpc) is 3.22. The zero-order valence-electron chi connectivity index (χ0n) is 11.7. The predicted octanol–water partition coefficient (Wildman–Crippen LogP) is 4.14. The Bertz CT molecular complexity index is 677. The van der Waals surface area contributed by atoms with Crippen molar-refractivity contribution < 1.29 is 4.79 Å². The normalized spacial score (nSPS) is 14.2. The molecule has 1 saturated carbocycles. The molecule has 0 N–H and O–H groups in total. The molecule has 1 fully saturated rings. The predicted molar refractivity (Wildman–Crippen MR) is 84.8 cm³/mol. The summed E-state index contributed by atoms with van der Waals surface area (Å²) >= 11 is 11.9. The minimum absolute atomic E-state index is 0.0114. The van der Waals surface area contributed by atoms with E-state index >= 15 is 0 Å². The lowest BCUT2D eigenvalue weighted by Gasteiger charge is -2.23. The van der Waals surface area contributed by atoms with E-state index < -0.39 is 0 Å². The van der Waals surface area contributed by atoms with Crippen LogP contribution in [0.1, 0.15) is 28.9 Å². The Hall–Kier alpha value is -1.45. The standard InChI is InChI=1S/C16H16Cl2N2O/c1-19-8-2-3-13(19)10-20(12-5-6-12)16(21)11-4-7-14(17)15(18)9-11/h2-4,7-9,12H,5-6,10H2,1H3. The summed E-state index contributed by atoms with van der Waals surface area (Å²) in [5, 5.41) is 0.880. The third-order valence-electron chi connectivity index (χ3n) is 3.80. The minimum Gasteiger partial charge on any atom is -0.353 e. The Balaban J connectivity index is 1.85. The molecule has 5 heteroatoms. The zero-order chi connectivity index (χ0) is 15.0. The van der Waals surface area contributed by atoms with Crippen molar-refractivity contribution in [3.05, 3.63) is 57.8 Å². The smallest absolute Gasteiger partial charge is 0.254 e. The Morgan fingerprint density at radius 2 is 2.05 bits per heavy atom. The van der Waals surface area contributed by atoms with E-state index in [9.17, 15) is 4.79 Å². The van der Waals surface area contributed by atoms with E-state index in [0.29, 0.717) is 28.2 Å². The molecule has 3 rings (SSSR count). The molecule has 1 amide bonds. The topological polar surface area (TPSA) is 25.2 Å². The molecular formula is C16H16Cl2N2O. The van der Waals surface area contributed by atoms with Gasteiger partial charge in [-0.15, -0.1) is 0 Å². The molecule has 1 heterocycles. The second-order valence-electron chi connectivity index (χ2n) is 5.40. The summed E-state index contributed by atoms with van der Waals surface area (Å²) in [5.41, 5.74) is 1.71. The molecule has 0 aliphatic heterocycles. The summed E-state index contributed by atoms with van der Waals surface area (Å²) < 4.78 is 2.04. The molecule has 0 saturated heterocycles. The first-order chi connectivity index (χ1) is 10.1. The fourth-order valence-electron chi connectivity index (χ4n) is 2.38. The summed E-state index contributed by atoms with van der Waals surface area (Å²) in [6.45, 7) is 0.618. The first-order valence-electron chi connectivity index (χ1n) is 6.92. The van der Waals surface area contributed by atoms with Crippen molar-refractivity contribution in [2.75, 3.05) is 0 Å². The lowest BCUT2D eigenvalue weighted by atomic mass is 10.2. The highest BCUT2D eigenvalue weighted by Gasteiger charge is 2.33. The number of hydrogen-bond donors (Lipinski definition) is 0. The van der Waals surface area contributed by atoms with Gasteiger partial charge in [-0.05, 0) is 43.2 Å². The van der Waals surface area contributed by atoms with Crippen LogP contribution in [-0.2, 0) is 13.6 Å². The fraction of sp³-hybridized carbons (Fsp3) is 0.312. The Labute approximate surface area is 134 Å². The number of aromatic nitrogens is 1. The molecule has 0 unspecified atom stereocenters. The van der Waals surface area contributed by atoms with E-state index in [1.54, 1.807) is 18.2 Å². The highest BCUT2D eigenvalue weighted by atomic mass is 35.5. The molecule has 1 aromatic heterocycles. The van der Waals surface area contributed by atoms with Crippen molar-refractivity contribution in [3.8, 4) is 0 Å². The van der Waals surface area contributed by atoms with Crippen molar-refractivity contribution in [1.82, 2.24) is 9.47 Å². The number of nitrogens with zero attached hydrogens (tertiary/aromatic N) is 2. The third kappa shape index (κ3) is 3.09. The monoisotopic (exact) mass is 322 g/mol. The zero-order valence-corrected chi connectivity index (χ0v) is 13.2. The van der Waals surface area contributed by atoms with Crippen LogP contribution in [0.25, 0.3) is 0 Å². The number of halogens is 2. The summed E-state index contributed by atoms with van der Waals surface area (Å²) in [6.07, 6.45) is 4.12. The van der Waals surface area contributed by atoms with Crippen molar-refractivity contribution >= 4 is 29.1 Å². The first-order valence-corrected chi connectivity index (χ1v) is 7.68. The lowest BCUT2D eigenvalue weighted by Crippen LogP contribution is -2.33. The Kier molecular flexibility index (Phi) is 3.96. The maximum absolute atomic E-state index is 12.7. The van der Waals surface area contributed by atoms with Crippen LogP contribution in [-0.4, -0.2) is 21.4 Å². The molecule has 1 aromatic carbocycles. The van der Waals surface area contributed by atoms with Gasteiger partial charge in [0.25, 0.3) is 5.91 Å². The van der Waals surface area contributed by atoms with Crippen LogP contribution >= 0.6 is 23.2 Å². The summed E-state index contributed by atoms with van der Waals surface area (Å²) in [4.78, 5) is 14.7. The highest BCUT2D eigenvalue weighted by Crippen LogP contribution is 2.31. The van der Waals surface area contributed by atoms with Gasteiger partial charge in [-0.2, -0.15) is 0 Å². The van der Waals surface area contributed by atoms with Crippen LogP contribution in [0.2, 0.25) is 10.0 Å². The van der Waals surface area contributed by atoms with Crippen LogP contribution in [0.5, 0.6) is 0 Å². The third-order valence-corrected chi connectivity index (χ3v) is 4.54. The van der Waals surface area contributed by atoms with E-state index in [4.69, 9.17) is 23.2 Å². The number of carbonyl (C=O) groups is 1. The second kappa shape index (κ2) is 5.74. The van der Waals surface area contributed by atoms with E-state index in [2.05, 4.69) is 0 Å².